The normalized spacial score (nSPS) is 24.3. The number of aryl methyl sites for hydroxylation is 1. The Hall–Kier alpha value is -5.78. The highest BCUT2D eigenvalue weighted by Crippen LogP contribution is 2.50. The molecule has 9 atom stereocenters. The summed E-state index contributed by atoms with van der Waals surface area (Å²) < 4.78 is 29.6. The van der Waals surface area contributed by atoms with Gasteiger partial charge in [0.1, 0.15) is 35.3 Å². The summed E-state index contributed by atoms with van der Waals surface area (Å²) in [6, 6.07) is 8.65. The Kier molecular flexibility index (Phi) is 25.1. The number of primary amides is 1. The lowest BCUT2D eigenvalue weighted by molar-refractivity contribution is -0.187. The molecule has 5 amide bonds. The molecule has 85 heavy (non-hydrogen) atoms. The van der Waals surface area contributed by atoms with Crippen molar-refractivity contribution in [1.29, 1.82) is 0 Å². The number of carbonyl (C=O) groups is 8. The number of carbonyl (C=O) groups excluding carboxylic acids is 8. The lowest BCUT2D eigenvalue weighted by Crippen LogP contribution is -2.53. The van der Waals surface area contributed by atoms with Crippen LogP contribution in [0.3, 0.4) is 0 Å². The number of rotatable bonds is 24. The van der Waals surface area contributed by atoms with Crippen molar-refractivity contribution in [1.82, 2.24) is 15.6 Å². The van der Waals surface area contributed by atoms with E-state index in [1.54, 1.807) is 57.3 Å². The van der Waals surface area contributed by atoms with Gasteiger partial charge in [-0.3, -0.25) is 39.1 Å². The zero-order valence-electron chi connectivity index (χ0n) is 49.6. The van der Waals surface area contributed by atoms with E-state index >= 15 is 0 Å². The predicted octanol–water partition coefficient (Wildman–Crippen LogP) is 9.26. The number of nitrogens with two attached hydrogens (primary N) is 1. The second-order valence-electron chi connectivity index (χ2n) is 23.1. The molecule has 2 saturated heterocycles. The molecule has 4 heterocycles. The van der Waals surface area contributed by atoms with Crippen LogP contribution in [0.25, 0.3) is 10.9 Å². The molecule has 2 aromatic carbocycles. The van der Waals surface area contributed by atoms with Crippen molar-refractivity contribution in [2.45, 2.75) is 160 Å². The maximum absolute atomic E-state index is 14.5. The summed E-state index contributed by atoms with van der Waals surface area (Å²) in [6.45, 7) is 11.4. The number of esters is 2. The number of epoxide rings is 1. The van der Waals surface area contributed by atoms with Gasteiger partial charge in [0.25, 0.3) is 0 Å². The molecule has 0 spiro atoms. The predicted molar refractivity (Wildman–Crippen MR) is 330 cm³/mol. The third kappa shape index (κ3) is 18.4. The lowest BCUT2D eigenvalue weighted by atomic mass is 9.78. The minimum atomic E-state index is -1.64. The molecule has 464 valence electrons. The number of urea groups is 1. The van der Waals surface area contributed by atoms with Gasteiger partial charge in [-0.25, -0.2) is 9.59 Å². The maximum Gasteiger partial charge on any atom is 0.412 e. The van der Waals surface area contributed by atoms with E-state index in [2.05, 4.69) is 52.8 Å². The van der Waals surface area contributed by atoms with Gasteiger partial charge in [0, 0.05) is 80.5 Å². The number of aliphatic hydroxyl groups is 1. The number of halogens is 3. The number of alkyl halides is 2. The van der Waals surface area contributed by atoms with Crippen molar-refractivity contribution in [3.8, 4) is 0 Å². The van der Waals surface area contributed by atoms with Gasteiger partial charge >= 0.3 is 24.1 Å². The van der Waals surface area contributed by atoms with Crippen molar-refractivity contribution < 1.29 is 67.1 Å². The van der Waals surface area contributed by atoms with Crippen LogP contribution < -0.4 is 26.6 Å². The van der Waals surface area contributed by atoms with Gasteiger partial charge in [0.15, 0.2) is 5.78 Å². The van der Waals surface area contributed by atoms with Crippen LogP contribution in [0.15, 0.2) is 66.4 Å². The van der Waals surface area contributed by atoms with Gasteiger partial charge in [0.05, 0.1) is 59.4 Å². The second-order valence-corrected chi connectivity index (χ2v) is 24.8. The van der Waals surface area contributed by atoms with Crippen molar-refractivity contribution >= 4 is 113 Å². The molecule has 0 radical (unpaired) electrons. The van der Waals surface area contributed by atoms with Gasteiger partial charge in [0.2, 0.25) is 11.8 Å². The molecule has 0 aliphatic carbocycles. The van der Waals surface area contributed by atoms with E-state index in [4.69, 9.17) is 41.0 Å². The number of benzene rings is 2. The summed E-state index contributed by atoms with van der Waals surface area (Å²) >= 11 is 13.5. The van der Waals surface area contributed by atoms with Crippen molar-refractivity contribution in [2.75, 3.05) is 48.2 Å². The standard InChI is InChI=1S/C62H81Br2ClN6O14/c1-35(2)44(29-42(72)16-10-9-11-24-82-58(77)41(33-63)34-64)57(76)69-45(18-14-23-68-59(66)78)48(73)28-40-20-21-46(55-43(40)17-13-22-67-55)70-60(79)84-51-30-52(74)71(7)47-27-39(26-37(4)54(47)65)25-36(3)15-12-19-50(81-8)62(80)31-49(83-53(75)32-62)38(5)56-61(51,6)85-56/h12-13,15,17,19-22,26-27,35,38,41,44-45,49-51,56,80H,9-11,14,16,18,23-25,28-34H2,1-8H3,(H,69,76)(H,70,79)(H3,66,68,78)/b19-12+,36-15+/t38-,44+,45+,49+,50-,51+,56+,61+,62-/m1/s1. The average Bonchev–Trinajstić information content (AvgIpc) is 2.26. The Labute approximate surface area is 519 Å². The van der Waals surface area contributed by atoms with Gasteiger partial charge < -0.3 is 50.1 Å². The van der Waals surface area contributed by atoms with E-state index in [-0.39, 0.29) is 99.6 Å². The van der Waals surface area contributed by atoms with E-state index in [0.717, 1.165) is 16.7 Å². The number of ketones is 2. The Bertz CT molecular complexity index is 2990. The van der Waals surface area contributed by atoms with Gasteiger partial charge in [-0.15, -0.1) is 0 Å². The molecule has 6 N–H and O–H groups in total. The third-order valence-corrected chi connectivity index (χ3v) is 18.3. The number of Topliss-reactive ketones (excluding diaryl/α,β-unsaturated/α-hetero) is 2. The first-order valence-electron chi connectivity index (χ1n) is 28.9. The topological polar surface area (TPSA) is 284 Å². The van der Waals surface area contributed by atoms with E-state index in [0.29, 0.717) is 63.5 Å². The Morgan fingerprint density at radius 1 is 1.04 bits per heavy atom. The number of pyridine rings is 1. The summed E-state index contributed by atoms with van der Waals surface area (Å²) in [6.07, 6.45) is 4.32. The fourth-order valence-corrected chi connectivity index (χ4v) is 12.9. The van der Waals surface area contributed by atoms with E-state index in [9.17, 15) is 43.5 Å². The van der Waals surface area contributed by atoms with Crippen LogP contribution in [-0.2, 0) is 65.3 Å². The number of aromatic nitrogens is 1. The summed E-state index contributed by atoms with van der Waals surface area (Å²) in [4.78, 5) is 114. The Balaban J connectivity index is 1.20. The van der Waals surface area contributed by atoms with Crippen LogP contribution in [0.1, 0.15) is 116 Å². The average molecular weight is 1330 g/mol. The zero-order valence-corrected chi connectivity index (χ0v) is 53.6. The number of nitrogens with one attached hydrogen (secondary N) is 3. The molecule has 6 rings (SSSR count). The minimum Gasteiger partial charge on any atom is -0.465 e. The number of allylic oxidation sites excluding steroid dienone is 3. The number of amides is 5. The number of fused-ring (bicyclic) bond motifs is 6. The molecule has 2 fully saturated rings. The second kappa shape index (κ2) is 31.2. The summed E-state index contributed by atoms with van der Waals surface area (Å²) in [7, 11) is 3.05. The van der Waals surface area contributed by atoms with Crippen LogP contribution in [0, 0.1) is 30.6 Å². The zero-order chi connectivity index (χ0) is 62.3. The van der Waals surface area contributed by atoms with E-state index in [1.807, 2.05) is 45.9 Å². The molecular weight excluding hydrogens is 1250 g/mol. The largest absolute Gasteiger partial charge is 0.465 e. The number of methoxy groups -OCH3 is 1. The number of anilines is 2. The highest BCUT2D eigenvalue weighted by molar-refractivity contribution is 9.09. The number of ether oxygens (including phenoxy) is 5. The maximum atomic E-state index is 14.5. The van der Waals surface area contributed by atoms with Crippen LogP contribution in [0.5, 0.6) is 0 Å². The van der Waals surface area contributed by atoms with Crippen LogP contribution in [0.2, 0.25) is 5.02 Å². The molecule has 23 heteroatoms. The first kappa shape index (κ1) is 68.3. The summed E-state index contributed by atoms with van der Waals surface area (Å²) in [5.74, 6) is -4.15. The number of hydrogen-bond donors (Lipinski definition) is 5. The minimum absolute atomic E-state index is 0.00679. The molecular formula is C62H81Br2ClN6O14. The molecule has 4 bridgehead atoms. The number of unbranched alkanes of at least 4 members (excludes halogenated alkanes) is 2. The smallest absolute Gasteiger partial charge is 0.412 e. The van der Waals surface area contributed by atoms with Crippen molar-refractivity contribution in [2.24, 2.45) is 29.4 Å². The molecule has 0 unspecified atom stereocenters. The first-order chi connectivity index (χ1) is 40.3. The lowest BCUT2D eigenvalue weighted by Gasteiger charge is -2.41. The molecule has 1 aromatic heterocycles. The monoisotopic (exact) mass is 1330 g/mol. The van der Waals surface area contributed by atoms with Crippen molar-refractivity contribution in [3.05, 3.63) is 88.1 Å². The summed E-state index contributed by atoms with van der Waals surface area (Å²) in [5.41, 5.74) is 6.43. The van der Waals surface area contributed by atoms with Gasteiger partial charge in [-0.2, -0.15) is 0 Å². The summed E-state index contributed by atoms with van der Waals surface area (Å²) in [5, 5.41) is 22.1. The third-order valence-electron chi connectivity index (χ3n) is 16.2. The van der Waals surface area contributed by atoms with Gasteiger partial charge in [-0.05, 0) is 100 Å². The van der Waals surface area contributed by atoms with Crippen molar-refractivity contribution in [3.63, 3.8) is 0 Å². The molecule has 20 nitrogen and oxygen atoms in total. The number of hydrogen-bond acceptors (Lipinski definition) is 15. The fourth-order valence-electron chi connectivity index (χ4n) is 11.1. The quantitative estimate of drug-likeness (QED) is 0.0184. The molecule has 3 aliphatic heterocycles. The highest BCUT2D eigenvalue weighted by atomic mass is 79.9. The first-order valence-corrected chi connectivity index (χ1v) is 31.5. The van der Waals surface area contributed by atoms with Crippen LogP contribution in [-0.4, -0.2) is 137 Å². The van der Waals surface area contributed by atoms with Crippen LogP contribution in [0.4, 0.5) is 21.0 Å². The van der Waals surface area contributed by atoms with Gasteiger partial charge in [-0.1, -0.05) is 106 Å². The molecule has 3 aromatic rings. The van der Waals surface area contributed by atoms with E-state index < -0.39 is 83.4 Å². The number of nitrogens with zero attached hydrogens (tertiary/aromatic N) is 2. The molecule has 0 saturated carbocycles. The Morgan fingerprint density at radius 2 is 1.78 bits per heavy atom. The SMILES string of the molecule is CO[C@@H]1/C=C/C=C(\C)Cc2cc(C)c(Cl)c(c2)N(C)C(=O)C[C@H](OC(=O)Nc2ccc(CC(=O)[C@H](CCCNC(N)=O)NC(=O)[C@@H](CC(=O)CCCCCOC(=O)C(CBr)CBr)C(C)C)c3cccnc23)[C@]2(C)O[C@H]2[C@H](C)[C@@H]2C[C@@]1(O)CC(=O)O2. The van der Waals surface area contributed by atoms with Crippen LogP contribution >= 0.6 is 43.5 Å². The Morgan fingerprint density at radius 3 is 2.47 bits per heavy atom. The fraction of sp³-hybridized carbons (Fsp3) is 0.565. The van der Waals surface area contributed by atoms with E-state index in [1.165, 1.54) is 18.2 Å². The highest BCUT2D eigenvalue weighted by Gasteiger charge is 2.64. The molecule has 3 aliphatic rings.